The summed E-state index contributed by atoms with van der Waals surface area (Å²) in [5, 5.41) is 18.8. The first-order chi connectivity index (χ1) is 13.5. The van der Waals surface area contributed by atoms with Crippen LogP contribution in [0.25, 0.3) is 0 Å². The number of esters is 1. The number of nitrogens with two attached hydrogens (primary N) is 2. The maximum Gasteiger partial charge on any atom is 0.333 e. The highest BCUT2D eigenvalue weighted by atomic mass is 33.1. The van der Waals surface area contributed by atoms with Crippen molar-refractivity contribution in [3.05, 3.63) is 12.2 Å². The van der Waals surface area contributed by atoms with Crippen LogP contribution in [-0.4, -0.2) is 70.6 Å². The van der Waals surface area contributed by atoms with Crippen LogP contribution in [0.4, 0.5) is 0 Å². The minimum absolute atomic E-state index is 0.0213. The second kappa shape index (κ2) is 17.8. The molecule has 0 spiro atoms. The fraction of sp³-hybridized carbons (Fsp3) is 0.562. The van der Waals surface area contributed by atoms with Gasteiger partial charge in [0.25, 0.3) is 0 Å². The number of nitrogens with one attached hydrogen (secondary N) is 1. The summed E-state index contributed by atoms with van der Waals surface area (Å²) in [6, 6.07) is -0.979. The lowest BCUT2D eigenvalue weighted by Gasteiger charge is -2.04. The average Bonchev–Trinajstić information content (AvgIpc) is 2.63. The van der Waals surface area contributed by atoms with Gasteiger partial charge in [-0.25, -0.2) is 4.79 Å². The normalized spacial score (nSPS) is 10.7. The summed E-state index contributed by atoms with van der Waals surface area (Å²) in [6.45, 7) is 4.99. The van der Waals surface area contributed by atoms with Gasteiger partial charge in [-0.3, -0.25) is 19.2 Å². The molecule has 13 heteroatoms. The van der Waals surface area contributed by atoms with Crippen LogP contribution in [0.2, 0.25) is 0 Å². The Morgan fingerprint density at radius 3 is 2.17 bits per heavy atom. The van der Waals surface area contributed by atoms with E-state index in [2.05, 4.69) is 11.9 Å². The molecule has 0 fully saturated rings. The molecule has 2 amide bonds. The molecule has 7 N–H and O–H groups in total. The van der Waals surface area contributed by atoms with Crippen molar-refractivity contribution < 1.29 is 38.9 Å². The third kappa shape index (κ3) is 21.9. The van der Waals surface area contributed by atoms with Crippen LogP contribution in [0.1, 0.15) is 26.2 Å². The van der Waals surface area contributed by atoms with E-state index in [0.29, 0.717) is 23.7 Å². The van der Waals surface area contributed by atoms with E-state index in [1.165, 1.54) is 21.6 Å². The Hall–Kier alpha value is -2.25. The summed E-state index contributed by atoms with van der Waals surface area (Å²) >= 11 is 0. The van der Waals surface area contributed by atoms with Gasteiger partial charge in [-0.05, 0) is 13.3 Å². The molecule has 0 aromatic rings. The van der Waals surface area contributed by atoms with E-state index in [1.807, 2.05) is 0 Å². The average molecular weight is 454 g/mol. The fourth-order valence-electron chi connectivity index (χ4n) is 1.23. The molecule has 0 aliphatic rings. The first-order valence-electron chi connectivity index (χ1n) is 8.29. The van der Waals surface area contributed by atoms with Gasteiger partial charge in [-0.2, -0.15) is 0 Å². The summed E-state index contributed by atoms with van der Waals surface area (Å²) in [7, 11) is 2.96. The van der Waals surface area contributed by atoms with E-state index >= 15 is 0 Å². The van der Waals surface area contributed by atoms with Gasteiger partial charge < -0.3 is 31.7 Å². The van der Waals surface area contributed by atoms with Crippen molar-refractivity contribution in [3.63, 3.8) is 0 Å². The van der Waals surface area contributed by atoms with Crippen LogP contribution < -0.4 is 16.8 Å². The number of carboxylic acids is 2. The Bertz CT molecular complexity index is 587. The molecule has 0 bridgehead atoms. The summed E-state index contributed by atoms with van der Waals surface area (Å²) < 4.78 is 4.88. The monoisotopic (exact) mass is 453 g/mol. The Kier molecular flexibility index (Phi) is 17.8. The van der Waals surface area contributed by atoms with Crippen LogP contribution >= 0.6 is 21.6 Å². The summed E-state index contributed by atoms with van der Waals surface area (Å²) in [4.78, 5) is 52.5. The predicted molar refractivity (Wildman–Crippen MR) is 110 cm³/mol. The number of hydrogen-bond donors (Lipinski definition) is 5. The molecule has 0 aromatic carbocycles. The van der Waals surface area contributed by atoms with Gasteiger partial charge in [-0.15, -0.1) is 0 Å². The molecule has 0 radical (unpaired) electrons. The molecule has 166 valence electrons. The summed E-state index contributed by atoms with van der Waals surface area (Å²) in [5.74, 6) is -2.19. The lowest BCUT2D eigenvalue weighted by molar-refractivity contribution is -0.139. The van der Waals surface area contributed by atoms with Crippen molar-refractivity contribution in [1.29, 1.82) is 0 Å². The zero-order chi connectivity index (χ0) is 22.8. The number of carboxylic acid groups (broad SMARTS) is 2. The van der Waals surface area contributed by atoms with Crippen molar-refractivity contribution in [1.82, 2.24) is 5.32 Å². The molecule has 0 aromatic heterocycles. The minimum atomic E-state index is -1.11. The first kappa shape index (κ1) is 29.0. The van der Waals surface area contributed by atoms with Crippen molar-refractivity contribution in [2.24, 2.45) is 11.5 Å². The number of hydrogen-bond acceptors (Lipinski definition) is 9. The maximum absolute atomic E-state index is 11.1. The minimum Gasteiger partial charge on any atom is -0.480 e. The van der Waals surface area contributed by atoms with Gasteiger partial charge in [0.15, 0.2) is 0 Å². The molecule has 1 atom stereocenters. The zero-order valence-corrected chi connectivity index (χ0v) is 17.7. The third-order valence-electron chi connectivity index (χ3n) is 2.70. The molecule has 0 rings (SSSR count). The lowest BCUT2D eigenvalue weighted by atomic mass is 10.2. The standard InChI is InChI=1S/C11H17NO5S2.C5H10N2O3/c1-8(2)11(16)17-4-6-19-18-5-3-9(13)12-7-10(14)15;6-3(5(9)10)1-2-4(7)8/h1,3-7H2,2H3,(H,12,13)(H,14,15);3H,1-2,6H2,(H2,7,8)(H,9,10). The highest BCUT2D eigenvalue weighted by Gasteiger charge is 2.11. The van der Waals surface area contributed by atoms with E-state index in [-0.39, 0.29) is 31.7 Å². The number of primary amides is 1. The summed E-state index contributed by atoms with van der Waals surface area (Å²) in [6.07, 6.45) is 0.384. The van der Waals surface area contributed by atoms with E-state index < -0.39 is 29.9 Å². The molecule has 0 saturated carbocycles. The highest BCUT2D eigenvalue weighted by molar-refractivity contribution is 8.76. The van der Waals surface area contributed by atoms with Gasteiger partial charge in [-0.1, -0.05) is 28.2 Å². The van der Waals surface area contributed by atoms with E-state index in [4.69, 9.17) is 26.4 Å². The SMILES string of the molecule is C=C(C)C(=O)OCCSSCCC(=O)NCC(=O)O.NC(=O)CCC(N)C(=O)O. The van der Waals surface area contributed by atoms with E-state index in [0.717, 1.165) is 0 Å². The third-order valence-corrected chi connectivity index (χ3v) is 5.07. The van der Waals surface area contributed by atoms with E-state index in [1.54, 1.807) is 6.92 Å². The van der Waals surface area contributed by atoms with Crippen LogP contribution in [0.15, 0.2) is 12.2 Å². The first-order valence-corrected chi connectivity index (χ1v) is 10.8. The van der Waals surface area contributed by atoms with Crippen molar-refractivity contribution in [3.8, 4) is 0 Å². The Labute approximate surface area is 176 Å². The molecule has 0 aliphatic carbocycles. The summed E-state index contributed by atoms with van der Waals surface area (Å²) in [5.41, 5.74) is 10.2. The number of carbonyl (C=O) groups is 5. The fourth-order valence-corrected chi connectivity index (χ4v) is 3.04. The highest BCUT2D eigenvalue weighted by Crippen LogP contribution is 2.21. The second-order valence-corrected chi connectivity index (χ2v) is 8.13. The zero-order valence-electron chi connectivity index (χ0n) is 16.0. The molecule has 0 saturated heterocycles. The number of aliphatic carboxylic acids is 2. The molecule has 1 unspecified atom stereocenters. The van der Waals surface area contributed by atoms with Gasteiger partial charge in [0.1, 0.15) is 19.2 Å². The Morgan fingerprint density at radius 1 is 1.10 bits per heavy atom. The topological polar surface area (TPSA) is 199 Å². The van der Waals surface area contributed by atoms with Gasteiger partial charge in [0, 0.05) is 29.9 Å². The van der Waals surface area contributed by atoms with Crippen LogP contribution in [0.3, 0.4) is 0 Å². The lowest BCUT2D eigenvalue weighted by Crippen LogP contribution is -2.31. The van der Waals surface area contributed by atoms with Crippen molar-refractivity contribution in [2.75, 3.05) is 24.7 Å². The smallest absolute Gasteiger partial charge is 0.333 e. The second-order valence-electron chi connectivity index (χ2n) is 5.43. The molecule has 11 nitrogen and oxygen atoms in total. The molecule has 0 heterocycles. The maximum atomic E-state index is 11.1. The predicted octanol–water partition coefficient (Wildman–Crippen LogP) is -0.258. The number of ether oxygens (including phenoxy) is 1. The van der Waals surface area contributed by atoms with Crippen LogP contribution in [-0.2, 0) is 28.7 Å². The Balaban J connectivity index is 0. The van der Waals surface area contributed by atoms with Crippen molar-refractivity contribution >= 4 is 51.3 Å². The molecule has 0 aliphatic heterocycles. The molecule has 29 heavy (non-hydrogen) atoms. The van der Waals surface area contributed by atoms with Gasteiger partial charge in [0.2, 0.25) is 11.8 Å². The van der Waals surface area contributed by atoms with Gasteiger partial charge in [0.05, 0.1) is 0 Å². The number of rotatable bonds is 14. The van der Waals surface area contributed by atoms with Crippen LogP contribution in [0, 0.1) is 0 Å². The number of amides is 2. The molecular weight excluding hydrogens is 426 g/mol. The quantitative estimate of drug-likeness (QED) is 0.100. The molecular formula is C16H27N3O8S2. The van der Waals surface area contributed by atoms with Gasteiger partial charge >= 0.3 is 17.9 Å². The number of carbonyl (C=O) groups excluding carboxylic acids is 3. The Morgan fingerprint density at radius 2 is 1.69 bits per heavy atom. The van der Waals surface area contributed by atoms with Crippen LogP contribution in [0.5, 0.6) is 0 Å². The van der Waals surface area contributed by atoms with E-state index in [9.17, 15) is 24.0 Å². The van der Waals surface area contributed by atoms with Crippen molar-refractivity contribution in [2.45, 2.75) is 32.2 Å². The largest absolute Gasteiger partial charge is 0.480 e.